The van der Waals surface area contributed by atoms with Gasteiger partial charge in [-0.2, -0.15) is 4.98 Å². The van der Waals surface area contributed by atoms with Crippen LogP contribution in [-0.2, 0) is 9.53 Å². The molecular weight excluding hydrogens is 362 g/mol. The van der Waals surface area contributed by atoms with Gasteiger partial charge in [0.1, 0.15) is 6.20 Å². The first-order valence-corrected chi connectivity index (χ1v) is 8.31. The van der Waals surface area contributed by atoms with Crippen LogP contribution >= 0.6 is 11.6 Å². The van der Waals surface area contributed by atoms with Crippen molar-refractivity contribution in [3.63, 3.8) is 0 Å². The molecule has 0 spiro atoms. The van der Waals surface area contributed by atoms with E-state index in [1.807, 2.05) is 0 Å². The summed E-state index contributed by atoms with van der Waals surface area (Å²) in [6, 6.07) is 6.87. The van der Waals surface area contributed by atoms with E-state index >= 15 is 0 Å². The van der Waals surface area contributed by atoms with Crippen molar-refractivity contribution in [1.82, 2.24) is 9.97 Å². The fourth-order valence-corrected chi connectivity index (χ4v) is 2.16. The van der Waals surface area contributed by atoms with Gasteiger partial charge in [-0.05, 0) is 37.6 Å². The lowest BCUT2D eigenvalue weighted by atomic mass is 10.3. The molecule has 138 valence electrons. The zero-order chi connectivity index (χ0) is 18.9. The number of esters is 1. The standard InChI is InChI=1S/C16H18ClN5O4/c1-2-26-14(23)4-3-9-18-15-13(22(24)25)10-19-16(21-15)20-12-7-5-11(17)6-8-12/h5-8,10H,2-4,9H2,1H3,(H2,18,19,20,21). The smallest absolute Gasteiger partial charge is 0.329 e. The molecule has 0 saturated heterocycles. The van der Waals surface area contributed by atoms with E-state index in [2.05, 4.69) is 20.6 Å². The highest BCUT2D eigenvalue weighted by atomic mass is 35.5. The molecular formula is C16H18ClN5O4. The van der Waals surface area contributed by atoms with Gasteiger partial charge in [0.15, 0.2) is 0 Å². The summed E-state index contributed by atoms with van der Waals surface area (Å²) < 4.78 is 4.83. The van der Waals surface area contributed by atoms with Crippen molar-refractivity contribution in [2.45, 2.75) is 19.8 Å². The molecule has 0 amide bonds. The highest BCUT2D eigenvalue weighted by molar-refractivity contribution is 6.30. The zero-order valence-corrected chi connectivity index (χ0v) is 14.8. The number of rotatable bonds is 9. The van der Waals surface area contributed by atoms with Crippen LogP contribution in [0.3, 0.4) is 0 Å². The molecule has 1 aromatic carbocycles. The molecule has 0 bridgehead atoms. The normalized spacial score (nSPS) is 10.2. The third-order valence-electron chi connectivity index (χ3n) is 3.22. The van der Waals surface area contributed by atoms with Gasteiger partial charge in [-0.25, -0.2) is 4.98 Å². The maximum absolute atomic E-state index is 11.3. The number of carbonyl (C=O) groups excluding carboxylic acids is 1. The summed E-state index contributed by atoms with van der Waals surface area (Å²) in [5, 5.41) is 17.5. The average Bonchev–Trinajstić information content (AvgIpc) is 2.61. The molecule has 2 aromatic rings. The van der Waals surface area contributed by atoms with E-state index in [9.17, 15) is 14.9 Å². The number of hydrogen-bond acceptors (Lipinski definition) is 8. The van der Waals surface area contributed by atoms with Crippen LogP contribution in [0, 0.1) is 10.1 Å². The molecule has 0 atom stereocenters. The lowest BCUT2D eigenvalue weighted by molar-refractivity contribution is -0.384. The van der Waals surface area contributed by atoms with Crippen molar-refractivity contribution in [2.75, 3.05) is 23.8 Å². The molecule has 1 heterocycles. The Kier molecular flexibility index (Phi) is 7.10. The molecule has 0 aliphatic rings. The van der Waals surface area contributed by atoms with Crippen molar-refractivity contribution in [2.24, 2.45) is 0 Å². The van der Waals surface area contributed by atoms with E-state index in [-0.39, 0.29) is 29.8 Å². The number of benzene rings is 1. The first-order valence-electron chi connectivity index (χ1n) is 7.93. The van der Waals surface area contributed by atoms with E-state index in [1.165, 1.54) is 0 Å². The summed E-state index contributed by atoms with van der Waals surface area (Å²) in [6.07, 6.45) is 1.80. The summed E-state index contributed by atoms with van der Waals surface area (Å²) >= 11 is 5.83. The van der Waals surface area contributed by atoms with Crippen molar-refractivity contribution >= 4 is 40.7 Å². The highest BCUT2D eigenvalue weighted by Crippen LogP contribution is 2.24. The van der Waals surface area contributed by atoms with Crippen LogP contribution in [0.25, 0.3) is 0 Å². The van der Waals surface area contributed by atoms with Gasteiger partial charge in [0, 0.05) is 23.7 Å². The van der Waals surface area contributed by atoms with Crippen LogP contribution in [-0.4, -0.2) is 34.0 Å². The Morgan fingerprint density at radius 1 is 1.35 bits per heavy atom. The molecule has 0 radical (unpaired) electrons. The average molecular weight is 380 g/mol. The Hall–Kier alpha value is -2.94. The van der Waals surface area contributed by atoms with E-state index in [0.717, 1.165) is 6.20 Å². The lowest BCUT2D eigenvalue weighted by Crippen LogP contribution is -2.11. The van der Waals surface area contributed by atoms with E-state index in [4.69, 9.17) is 16.3 Å². The molecule has 2 N–H and O–H groups in total. The van der Waals surface area contributed by atoms with Crippen molar-refractivity contribution in [1.29, 1.82) is 0 Å². The topological polar surface area (TPSA) is 119 Å². The van der Waals surface area contributed by atoms with Gasteiger partial charge in [0.2, 0.25) is 11.8 Å². The van der Waals surface area contributed by atoms with Crippen LogP contribution in [0.15, 0.2) is 30.5 Å². The maximum Gasteiger partial charge on any atom is 0.329 e. The molecule has 0 saturated carbocycles. The fraction of sp³-hybridized carbons (Fsp3) is 0.312. The summed E-state index contributed by atoms with van der Waals surface area (Å²) in [4.78, 5) is 30.0. The van der Waals surface area contributed by atoms with E-state index in [1.54, 1.807) is 31.2 Å². The lowest BCUT2D eigenvalue weighted by Gasteiger charge is -2.09. The number of hydrogen-bond donors (Lipinski definition) is 2. The second-order valence-corrected chi connectivity index (χ2v) is 5.59. The Labute approximate surface area is 154 Å². The summed E-state index contributed by atoms with van der Waals surface area (Å²) in [6.45, 7) is 2.38. The summed E-state index contributed by atoms with van der Waals surface area (Å²) in [5.74, 6) is -0.0345. The van der Waals surface area contributed by atoms with Crippen LogP contribution in [0.2, 0.25) is 5.02 Å². The molecule has 0 fully saturated rings. The third-order valence-corrected chi connectivity index (χ3v) is 3.47. The fourth-order valence-electron chi connectivity index (χ4n) is 2.03. The number of halogens is 1. The van der Waals surface area contributed by atoms with Gasteiger partial charge in [0.25, 0.3) is 0 Å². The number of carbonyl (C=O) groups is 1. The second kappa shape index (κ2) is 9.52. The minimum atomic E-state index is -0.570. The van der Waals surface area contributed by atoms with Crippen LogP contribution in [0.1, 0.15) is 19.8 Å². The third kappa shape index (κ3) is 5.85. The maximum atomic E-state index is 11.3. The quantitative estimate of drug-likeness (QED) is 0.294. The van der Waals surface area contributed by atoms with Crippen LogP contribution < -0.4 is 10.6 Å². The molecule has 9 nitrogen and oxygen atoms in total. The van der Waals surface area contributed by atoms with Crippen LogP contribution in [0.4, 0.5) is 23.1 Å². The Bertz CT molecular complexity index is 770. The van der Waals surface area contributed by atoms with Gasteiger partial charge >= 0.3 is 11.7 Å². The van der Waals surface area contributed by atoms with Gasteiger partial charge in [-0.15, -0.1) is 0 Å². The number of anilines is 3. The molecule has 10 heteroatoms. The number of nitro groups is 1. The highest BCUT2D eigenvalue weighted by Gasteiger charge is 2.17. The first-order chi connectivity index (χ1) is 12.5. The molecule has 0 unspecified atom stereocenters. The summed E-state index contributed by atoms with van der Waals surface area (Å²) in [7, 11) is 0. The number of ether oxygens (including phenoxy) is 1. The van der Waals surface area contributed by atoms with Gasteiger partial charge in [-0.3, -0.25) is 14.9 Å². The first kappa shape index (κ1) is 19.4. The predicted octanol–water partition coefficient (Wildman–Crippen LogP) is 3.54. The monoisotopic (exact) mass is 379 g/mol. The zero-order valence-electron chi connectivity index (χ0n) is 14.1. The van der Waals surface area contributed by atoms with Gasteiger partial charge in [-0.1, -0.05) is 11.6 Å². The minimum absolute atomic E-state index is 0.0744. The van der Waals surface area contributed by atoms with Crippen LogP contribution in [0.5, 0.6) is 0 Å². The van der Waals surface area contributed by atoms with Gasteiger partial charge in [0.05, 0.1) is 11.5 Å². The molecule has 1 aromatic heterocycles. The largest absolute Gasteiger partial charge is 0.466 e. The molecule has 0 aliphatic carbocycles. The van der Waals surface area contributed by atoms with Gasteiger partial charge < -0.3 is 15.4 Å². The SMILES string of the molecule is CCOC(=O)CCCNc1nc(Nc2ccc(Cl)cc2)ncc1[N+](=O)[O-]. The Morgan fingerprint density at radius 3 is 2.73 bits per heavy atom. The molecule has 0 aliphatic heterocycles. The van der Waals surface area contributed by atoms with Crippen molar-refractivity contribution in [3.8, 4) is 0 Å². The van der Waals surface area contributed by atoms with E-state index in [0.29, 0.717) is 30.3 Å². The number of nitrogens with one attached hydrogen (secondary N) is 2. The predicted molar refractivity (Wildman–Crippen MR) is 97.8 cm³/mol. The van der Waals surface area contributed by atoms with Crippen molar-refractivity contribution < 1.29 is 14.5 Å². The second-order valence-electron chi connectivity index (χ2n) is 5.15. The Morgan fingerprint density at radius 2 is 2.08 bits per heavy atom. The molecule has 2 rings (SSSR count). The molecule has 26 heavy (non-hydrogen) atoms. The minimum Gasteiger partial charge on any atom is -0.466 e. The van der Waals surface area contributed by atoms with E-state index < -0.39 is 4.92 Å². The summed E-state index contributed by atoms with van der Waals surface area (Å²) in [5.41, 5.74) is 0.444. The Balaban J connectivity index is 2.03. The number of aromatic nitrogens is 2. The number of nitrogens with zero attached hydrogens (tertiary/aromatic N) is 3. The van der Waals surface area contributed by atoms with Crippen molar-refractivity contribution in [3.05, 3.63) is 45.6 Å².